The average molecular weight is 198 g/mol. The van der Waals surface area contributed by atoms with E-state index in [1.807, 2.05) is 0 Å². The molecule has 2 heteroatoms. The van der Waals surface area contributed by atoms with Gasteiger partial charge >= 0.3 is 5.97 Å². The van der Waals surface area contributed by atoms with Crippen LogP contribution in [0.5, 0.6) is 0 Å². The predicted octanol–water partition coefficient (Wildman–Crippen LogP) is 3.01. The molecule has 0 amide bonds. The number of hydrogen-bond acceptors (Lipinski definition) is 2. The minimum atomic E-state index is -0.165. The first-order valence-electron chi connectivity index (χ1n) is 5.43. The number of carbonyl (C=O) groups is 1. The van der Waals surface area contributed by atoms with E-state index < -0.39 is 0 Å². The van der Waals surface area contributed by atoms with Crippen molar-refractivity contribution in [2.45, 2.75) is 47.5 Å². The highest BCUT2D eigenvalue weighted by atomic mass is 16.5. The lowest BCUT2D eigenvalue weighted by Crippen LogP contribution is -2.37. The van der Waals surface area contributed by atoms with Crippen LogP contribution in [0.1, 0.15) is 47.5 Å². The molecular formula is C12H22O2. The first kappa shape index (κ1) is 11.5. The minimum absolute atomic E-state index is 0.151. The maximum absolute atomic E-state index is 10.8. The van der Waals surface area contributed by atoms with E-state index >= 15 is 0 Å². The summed E-state index contributed by atoms with van der Waals surface area (Å²) < 4.78 is 5.17. The normalized spacial score (nSPS) is 35.6. The molecule has 1 fully saturated rings. The molecule has 0 saturated heterocycles. The van der Waals surface area contributed by atoms with Gasteiger partial charge in [-0.25, -0.2) is 0 Å². The molecule has 2 nitrogen and oxygen atoms in total. The summed E-state index contributed by atoms with van der Waals surface area (Å²) in [6, 6.07) is 0. The fourth-order valence-electron chi connectivity index (χ4n) is 2.33. The van der Waals surface area contributed by atoms with Crippen molar-refractivity contribution < 1.29 is 9.53 Å². The molecule has 0 aromatic carbocycles. The zero-order chi connectivity index (χ0) is 11.0. The lowest BCUT2D eigenvalue weighted by Gasteiger charge is -2.40. The van der Waals surface area contributed by atoms with Crippen LogP contribution in [0.2, 0.25) is 0 Å². The zero-order valence-electron chi connectivity index (χ0n) is 10.0. The van der Waals surface area contributed by atoms with Crippen molar-refractivity contribution in [2.24, 2.45) is 16.7 Å². The monoisotopic (exact) mass is 198 g/mol. The van der Waals surface area contributed by atoms with Crippen molar-refractivity contribution in [3.8, 4) is 0 Å². The molecule has 0 bridgehead atoms. The molecule has 0 aliphatic heterocycles. The summed E-state index contributed by atoms with van der Waals surface area (Å²) in [4.78, 5) is 10.8. The molecule has 1 aliphatic rings. The summed E-state index contributed by atoms with van der Waals surface area (Å²) in [6.07, 6.45) is 2.40. The maximum Gasteiger partial charge on any atom is 0.302 e. The molecule has 1 saturated carbocycles. The molecule has 0 aromatic heterocycles. The van der Waals surface area contributed by atoms with Crippen LogP contribution in [0.3, 0.4) is 0 Å². The van der Waals surface area contributed by atoms with Crippen molar-refractivity contribution in [3.63, 3.8) is 0 Å². The largest absolute Gasteiger partial charge is 0.465 e. The van der Waals surface area contributed by atoms with E-state index in [2.05, 4.69) is 27.7 Å². The van der Waals surface area contributed by atoms with Gasteiger partial charge in [0.05, 0.1) is 6.61 Å². The Kier molecular flexibility index (Phi) is 2.93. The molecule has 0 N–H and O–H groups in total. The Morgan fingerprint density at radius 2 is 2.00 bits per heavy atom. The summed E-state index contributed by atoms with van der Waals surface area (Å²) in [7, 11) is 0. The summed E-state index contributed by atoms with van der Waals surface area (Å²) in [5.74, 6) is 0.546. The second-order valence-electron chi connectivity index (χ2n) is 5.50. The van der Waals surface area contributed by atoms with E-state index in [-0.39, 0.29) is 16.8 Å². The van der Waals surface area contributed by atoms with Gasteiger partial charge in [0.2, 0.25) is 0 Å². The quantitative estimate of drug-likeness (QED) is 0.637. The highest BCUT2D eigenvalue weighted by Crippen LogP contribution is 2.55. The Hall–Kier alpha value is -0.530. The van der Waals surface area contributed by atoms with Gasteiger partial charge in [-0.2, -0.15) is 0 Å². The average Bonchev–Trinajstić information content (AvgIpc) is 2.27. The van der Waals surface area contributed by atoms with Crippen LogP contribution in [0.4, 0.5) is 0 Å². The number of carbonyl (C=O) groups excluding carboxylic acids is 1. The third kappa shape index (κ3) is 1.79. The van der Waals surface area contributed by atoms with Crippen LogP contribution in [0.25, 0.3) is 0 Å². The van der Waals surface area contributed by atoms with Crippen LogP contribution in [-0.2, 0) is 9.53 Å². The summed E-state index contributed by atoms with van der Waals surface area (Å²) >= 11 is 0. The third-order valence-corrected chi connectivity index (χ3v) is 4.51. The predicted molar refractivity (Wildman–Crippen MR) is 56.9 cm³/mol. The smallest absolute Gasteiger partial charge is 0.302 e. The molecular weight excluding hydrogens is 176 g/mol. The van der Waals surface area contributed by atoms with Crippen molar-refractivity contribution in [1.82, 2.24) is 0 Å². The molecule has 0 unspecified atom stereocenters. The maximum atomic E-state index is 10.8. The second kappa shape index (κ2) is 3.56. The highest BCUT2D eigenvalue weighted by Gasteiger charge is 2.50. The van der Waals surface area contributed by atoms with Gasteiger partial charge in [0, 0.05) is 12.3 Å². The van der Waals surface area contributed by atoms with E-state index in [4.69, 9.17) is 4.74 Å². The standard InChI is InChI=1S/C12H22O2/c1-9-6-7-12(5,11(9,3)4)8-14-10(2)13/h9H,6-8H2,1-5H3/t9-,12-/m0/s1. The minimum Gasteiger partial charge on any atom is -0.465 e. The van der Waals surface area contributed by atoms with Crippen molar-refractivity contribution in [3.05, 3.63) is 0 Å². The van der Waals surface area contributed by atoms with Crippen LogP contribution < -0.4 is 0 Å². The first-order valence-corrected chi connectivity index (χ1v) is 5.43. The van der Waals surface area contributed by atoms with E-state index in [1.165, 1.54) is 13.3 Å². The molecule has 14 heavy (non-hydrogen) atoms. The van der Waals surface area contributed by atoms with Gasteiger partial charge in [-0.05, 0) is 24.2 Å². The van der Waals surface area contributed by atoms with Crippen LogP contribution in [0.15, 0.2) is 0 Å². The second-order valence-corrected chi connectivity index (χ2v) is 5.50. The van der Waals surface area contributed by atoms with Crippen LogP contribution >= 0.6 is 0 Å². The van der Waals surface area contributed by atoms with Gasteiger partial charge in [0.25, 0.3) is 0 Å². The fourth-order valence-corrected chi connectivity index (χ4v) is 2.33. The molecule has 1 rings (SSSR count). The third-order valence-electron chi connectivity index (χ3n) is 4.51. The van der Waals surface area contributed by atoms with E-state index in [9.17, 15) is 4.79 Å². The number of rotatable bonds is 2. The van der Waals surface area contributed by atoms with Gasteiger partial charge in [0.15, 0.2) is 0 Å². The van der Waals surface area contributed by atoms with E-state index in [0.29, 0.717) is 12.5 Å². The Morgan fingerprint density at radius 3 is 2.36 bits per heavy atom. The van der Waals surface area contributed by atoms with E-state index in [0.717, 1.165) is 6.42 Å². The topological polar surface area (TPSA) is 26.3 Å². The fraction of sp³-hybridized carbons (Fsp3) is 0.917. The summed E-state index contributed by atoms with van der Waals surface area (Å²) in [6.45, 7) is 11.1. The Morgan fingerprint density at radius 1 is 1.43 bits per heavy atom. The molecule has 0 heterocycles. The van der Waals surface area contributed by atoms with Gasteiger partial charge in [-0.1, -0.05) is 27.7 Å². The lowest BCUT2D eigenvalue weighted by atomic mass is 9.66. The van der Waals surface area contributed by atoms with Gasteiger partial charge in [-0.3, -0.25) is 4.79 Å². The lowest BCUT2D eigenvalue weighted by molar-refractivity contribution is -0.146. The molecule has 82 valence electrons. The molecule has 0 spiro atoms. The summed E-state index contributed by atoms with van der Waals surface area (Å²) in [5.41, 5.74) is 0.417. The number of esters is 1. The van der Waals surface area contributed by atoms with Gasteiger partial charge in [-0.15, -0.1) is 0 Å². The van der Waals surface area contributed by atoms with E-state index in [1.54, 1.807) is 0 Å². The van der Waals surface area contributed by atoms with Gasteiger partial charge < -0.3 is 4.74 Å². The molecule has 1 aliphatic carbocycles. The Labute approximate surface area is 87.0 Å². The highest BCUT2D eigenvalue weighted by molar-refractivity contribution is 5.65. The molecule has 0 aromatic rings. The van der Waals surface area contributed by atoms with Crippen molar-refractivity contribution in [1.29, 1.82) is 0 Å². The Balaban J connectivity index is 2.69. The van der Waals surface area contributed by atoms with Gasteiger partial charge in [0.1, 0.15) is 0 Å². The SMILES string of the molecule is CC(=O)OC[C@]1(C)CC[C@H](C)C1(C)C. The number of ether oxygens (including phenoxy) is 1. The van der Waals surface area contributed by atoms with Crippen LogP contribution in [0, 0.1) is 16.7 Å². The van der Waals surface area contributed by atoms with Crippen LogP contribution in [-0.4, -0.2) is 12.6 Å². The number of hydrogen-bond donors (Lipinski definition) is 0. The molecule has 2 atom stereocenters. The zero-order valence-corrected chi connectivity index (χ0v) is 10.0. The first-order chi connectivity index (χ1) is 6.29. The summed E-state index contributed by atoms with van der Waals surface area (Å²) in [5, 5.41) is 0. The van der Waals surface area contributed by atoms with Crippen molar-refractivity contribution >= 4 is 5.97 Å². The Bertz CT molecular complexity index is 232. The molecule has 0 radical (unpaired) electrons. The van der Waals surface area contributed by atoms with Crippen molar-refractivity contribution in [2.75, 3.05) is 6.61 Å².